The minimum atomic E-state index is 0.508. The molecule has 0 spiro atoms. The van der Waals surface area contributed by atoms with Crippen molar-refractivity contribution < 1.29 is 4.74 Å². The summed E-state index contributed by atoms with van der Waals surface area (Å²) >= 11 is 1.62. The molecule has 0 bridgehead atoms. The van der Waals surface area contributed by atoms with Gasteiger partial charge in [-0.1, -0.05) is 6.07 Å². The Morgan fingerprint density at radius 3 is 2.61 bits per heavy atom. The van der Waals surface area contributed by atoms with E-state index < -0.39 is 0 Å². The first-order chi connectivity index (χ1) is 8.60. The van der Waals surface area contributed by atoms with Crippen molar-refractivity contribution in [2.45, 2.75) is 33.9 Å². The molecule has 0 aliphatic heterocycles. The van der Waals surface area contributed by atoms with E-state index in [1.54, 1.807) is 11.3 Å². The maximum absolute atomic E-state index is 5.75. The molecule has 1 aromatic carbocycles. The number of aromatic nitrogens is 1. The Kier molecular flexibility index (Phi) is 3.99. The van der Waals surface area contributed by atoms with Crippen LogP contribution in [0.1, 0.15) is 26.7 Å². The van der Waals surface area contributed by atoms with Crippen LogP contribution in [0.3, 0.4) is 0 Å². The number of rotatable bonds is 4. The molecular formula is C14H18N2OS. The van der Waals surface area contributed by atoms with E-state index in [1.807, 2.05) is 13.0 Å². The fraction of sp³-hybridized carbons (Fsp3) is 0.357. The number of hydrogen-bond acceptors (Lipinski definition) is 4. The second-order valence-corrected chi connectivity index (χ2v) is 5.52. The maximum Gasteiger partial charge on any atom is 0.140 e. The molecule has 1 aromatic heterocycles. The Morgan fingerprint density at radius 1 is 1.22 bits per heavy atom. The van der Waals surface area contributed by atoms with Crippen LogP contribution in [-0.4, -0.2) is 4.98 Å². The number of hydrogen-bond donors (Lipinski definition) is 1. The Hall–Kier alpha value is -1.39. The van der Waals surface area contributed by atoms with Crippen molar-refractivity contribution in [1.29, 1.82) is 0 Å². The summed E-state index contributed by atoms with van der Waals surface area (Å²) in [7, 11) is 0. The van der Waals surface area contributed by atoms with Gasteiger partial charge in [-0.25, -0.2) is 4.98 Å². The molecule has 2 rings (SSSR count). The summed E-state index contributed by atoms with van der Waals surface area (Å²) in [6.45, 7) is 7.22. The van der Waals surface area contributed by atoms with Crippen molar-refractivity contribution in [2.24, 2.45) is 5.73 Å². The summed E-state index contributed by atoms with van der Waals surface area (Å²) in [5, 5.41) is 0.978. The number of ether oxygens (including phenoxy) is 1. The molecule has 0 aliphatic rings. The summed E-state index contributed by atoms with van der Waals surface area (Å²) in [5.41, 5.74) is 9.17. The van der Waals surface area contributed by atoms with E-state index in [-0.39, 0.29) is 0 Å². The molecule has 0 radical (unpaired) electrons. The van der Waals surface area contributed by atoms with Crippen molar-refractivity contribution >= 4 is 11.3 Å². The van der Waals surface area contributed by atoms with Crippen LogP contribution in [-0.2, 0) is 13.2 Å². The number of nitrogens with zero attached hydrogens (tertiary/aromatic N) is 1. The van der Waals surface area contributed by atoms with Gasteiger partial charge in [0.15, 0.2) is 0 Å². The van der Waals surface area contributed by atoms with Gasteiger partial charge in [0, 0.05) is 11.4 Å². The number of nitrogens with two attached hydrogens (primary N) is 1. The van der Waals surface area contributed by atoms with Gasteiger partial charge in [0.2, 0.25) is 0 Å². The highest BCUT2D eigenvalue weighted by Gasteiger charge is 2.06. The predicted octanol–water partition coefficient (Wildman–Crippen LogP) is 3.11. The van der Waals surface area contributed by atoms with Gasteiger partial charge in [-0.05, 0) is 44.0 Å². The molecule has 2 N–H and O–H groups in total. The van der Waals surface area contributed by atoms with E-state index in [1.165, 1.54) is 11.1 Å². The lowest BCUT2D eigenvalue weighted by atomic mass is 10.1. The smallest absolute Gasteiger partial charge is 0.140 e. The molecule has 0 unspecified atom stereocenters. The summed E-state index contributed by atoms with van der Waals surface area (Å²) in [6, 6.07) is 6.12. The molecule has 0 saturated carbocycles. The summed E-state index contributed by atoms with van der Waals surface area (Å²) in [6.07, 6.45) is 0. The van der Waals surface area contributed by atoms with Gasteiger partial charge in [0.25, 0.3) is 0 Å². The van der Waals surface area contributed by atoms with Gasteiger partial charge in [-0.3, -0.25) is 0 Å². The van der Waals surface area contributed by atoms with E-state index in [0.717, 1.165) is 21.3 Å². The van der Waals surface area contributed by atoms with Gasteiger partial charge in [0.1, 0.15) is 17.4 Å². The molecule has 4 heteroatoms. The summed E-state index contributed by atoms with van der Waals surface area (Å²) in [5.74, 6) is 0.889. The summed E-state index contributed by atoms with van der Waals surface area (Å²) < 4.78 is 5.75. The lowest BCUT2D eigenvalue weighted by Crippen LogP contribution is -1.95. The molecule has 2 aromatic rings. The average Bonchev–Trinajstić information content (AvgIpc) is 2.71. The van der Waals surface area contributed by atoms with Crippen LogP contribution in [0.15, 0.2) is 18.2 Å². The van der Waals surface area contributed by atoms with Crippen molar-refractivity contribution in [3.63, 3.8) is 0 Å². The molecular weight excluding hydrogens is 244 g/mol. The third kappa shape index (κ3) is 2.89. The zero-order valence-electron chi connectivity index (χ0n) is 11.0. The Labute approximate surface area is 112 Å². The normalized spacial score (nSPS) is 10.7. The van der Waals surface area contributed by atoms with Crippen LogP contribution in [0, 0.1) is 20.8 Å². The fourth-order valence-corrected chi connectivity index (χ4v) is 2.55. The molecule has 96 valence electrons. The lowest BCUT2D eigenvalue weighted by molar-refractivity contribution is 0.305. The quantitative estimate of drug-likeness (QED) is 0.921. The van der Waals surface area contributed by atoms with Crippen LogP contribution in [0.4, 0.5) is 0 Å². The van der Waals surface area contributed by atoms with E-state index in [0.29, 0.717) is 13.2 Å². The van der Waals surface area contributed by atoms with Gasteiger partial charge < -0.3 is 10.5 Å². The molecule has 0 aliphatic carbocycles. The van der Waals surface area contributed by atoms with Crippen LogP contribution >= 0.6 is 11.3 Å². The van der Waals surface area contributed by atoms with E-state index in [4.69, 9.17) is 10.5 Å². The highest BCUT2D eigenvalue weighted by Crippen LogP contribution is 2.21. The first-order valence-electron chi connectivity index (χ1n) is 5.95. The highest BCUT2D eigenvalue weighted by molar-refractivity contribution is 7.11. The van der Waals surface area contributed by atoms with Crippen molar-refractivity contribution in [2.75, 3.05) is 0 Å². The largest absolute Gasteiger partial charge is 0.486 e. The van der Waals surface area contributed by atoms with E-state index >= 15 is 0 Å². The molecule has 0 amide bonds. The second-order valence-electron chi connectivity index (χ2n) is 4.36. The first kappa shape index (κ1) is 13.1. The molecule has 0 fully saturated rings. The van der Waals surface area contributed by atoms with Crippen molar-refractivity contribution in [3.05, 3.63) is 44.9 Å². The van der Waals surface area contributed by atoms with Gasteiger partial charge >= 0.3 is 0 Å². The first-order valence-corrected chi connectivity index (χ1v) is 6.77. The van der Waals surface area contributed by atoms with Crippen LogP contribution in [0.25, 0.3) is 0 Å². The van der Waals surface area contributed by atoms with Gasteiger partial charge in [0.05, 0.1) is 5.69 Å². The second kappa shape index (κ2) is 5.50. The number of aryl methyl sites for hydroxylation is 3. The molecule has 0 atom stereocenters. The fourth-order valence-electron chi connectivity index (χ4n) is 1.69. The van der Waals surface area contributed by atoms with Crippen molar-refractivity contribution in [3.8, 4) is 5.75 Å². The average molecular weight is 262 g/mol. The van der Waals surface area contributed by atoms with Crippen LogP contribution in [0.5, 0.6) is 5.75 Å². The Bertz CT molecular complexity index is 549. The van der Waals surface area contributed by atoms with Crippen LogP contribution < -0.4 is 10.5 Å². The Balaban J connectivity index is 2.04. The van der Waals surface area contributed by atoms with E-state index in [9.17, 15) is 0 Å². The number of thiazole rings is 1. The molecule has 0 saturated heterocycles. The topological polar surface area (TPSA) is 48.1 Å². The SMILES string of the molecule is Cc1ccc(OCc2nc(C)c(CN)s2)cc1C. The van der Waals surface area contributed by atoms with E-state index in [2.05, 4.69) is 31.0 Å². The molecule has 1 heterocycles. The zero-order chi connectivity index (χ0) is 13.1. The third-order valence-electron chi connectivity index (χ3n) is 2.96. The Morgan fingerprint density at radius 2 is 2.00 bits per heavy atom. The van der Waals surface area contributed by atoms with Gasteiger partial charge in [-0.2, -0.15) is 0 Å². The lowest BCUT2D eigenvalue weighted by Gasteiger charge is -2.06. The predicted molar refractivity (Wildman–Crippen MR) is 75.0 cm³/mol. The number of benzene rings is 1. The third-order valence-corrected chi connectivity index (χ3v) is 4.12. The van der Waals surface area contributed by atoms with Gasteiger partial charge in [-0.15, -0.1) is 11.3 Å². The van der Waals surface area contributed by atoms with Crippen molar-refractivity contribution in [1.82, 2.24) is 4.98 Å². The highest BCUT2D eigenvalue weighted by atomic mass is 32.1. The molecule has 18 heavy (non-hydrogen) atoms. The minimum Gasteiger partial charge on any atom is -0.486 e. The summed E-state index contributed by atoms with van der Waals surface area (Å²) in [4.78, 5) is 5.58. The monoisotopic (exact) mass is 262 g/mol. The van der Waals surface area contributed by atoms with Crippen LogP contribution in [0.2, 0.25) is 0 Å². The molecule has 3 nitrogen and oxygen atoms in total. The standard InChI is InChI=1S/C14H18N2OS/c1-9-4-5-12(6-10(9)2)17-8-14-16-11(3)13(7-15)18-14/h4-6H,7-8,15H2,1-3H3. The maximum atomic E-state index is 5.75. The zero-order valence-corrected chi connectivity index (χ0v) is 11.8. The minimum absolute atomic E-state index is 0.508.